The van der Waals surface area contributed by atoms with Crippen LogP contribution in [0.15, 0.2) is 18.2 Å². The molecule has 1 aliphatic heterocycles. The molecule has 1 saturated heterocycles. The molecule has 1 fully saturated rings. The largest absolute Gasteiger partial charge is 0.478 e. The summed E-state index contributed by atoms with van der Waals surface area (Å²) in [5.41, 5.74) is 7.45. The van der Waals surface area contributed by atoms with Crippen molar-refractivity contribution in [3.05, 3.63) is 23.8 Å². The third-order valence-corrected chi connectivity index (χ3v) is 3.48. The highest BCUT2D eigenvalue weighted by Crippen LogP contribution is 2.26. The van der Waals surface area contributed by atoms with Crippen LogP contribution in [-0.2, 0) is 4.74 Å². The van der Waals surface area contributed by atoms with Gasteiger partial charge in [-0.2, -0.15) is 0 Å². The lowest BCUT2D eigenvalue weighted by Crippen LogP contribution is -2.29. The third-order valence-electron chi connectivity index (χ3n) is 3.48. The Morgan fingerprint density at radius 1 is 1.53 bits per heavy atom. The first-order valence-corrected chi connectivity index (χ1v) is 6.46. The number of aromatic carboxylic acids is 1. The Kier molecular flexibility index (Phi) is 3.95. The van der Waals surface area contributed by atoms with Crippen molar-refractivity contribution in [3.63, 3.8) is 0 Å². The van der Waals surface area contributed by atoms with Gasteiger partial charge in [0.1, 0.15) is 0 Å². The van der Waals surface area contributed by atoms with E-state index in [4.69, 9.17) is 15.6 Å². The molecule has 1 aromatic carbocycles. The van der Waals surface area contributed by atoms with Crippen molar-refractivity contribution < 1.29 is 14.6 Å². The maximum atomic E-state index is 10.9. The number of nitrogens with two attached hydrogens (primary N) is 1. The molecular weight excluding hydrogens is 244 g/mol. The zero-order valence-electron chi connectivity index (χ0n) is 11.3. The molecule has 0 aromatic heterocycles. The number of nitrogen functional groups attached to an aromatic ring is 1. The van der Waals surface area contributed by atoms with E-state index in [1.807, 2.05) is 11.9 Å². The quantitative estimate of drug-likeness (QED) is 0.813. The van der Waals surface area contributed by atoms with Gasteiger partial charge in [-0.15, -0.1) is 0 Å². The zero-order valence-corrected chi connectivity index (χ0v) is 11.3. The minimum Gasteiger partial charge on any atom is -0.478 e. The second-order valence-electron chi connectivity index (χ2n) is 5.11. The summed E-state index contributed by atoms with van der Waals surface area (Å²) in [6.45, 7) is 2.84. The monoisotopic (exact) mass is 264 g/mol. The molecule has 0 amide bonds. The summed E-state index contributed by atoms with van der Waals surface area (Å²) in [6, 6.07) is 4.81. The van der Waals surface area contributed by atoms with Gasteiger partial charge in [-0.05, 0) is 38.0 Å². The topological polar surface area (TPSA) is 75.8 Å². The van der Waals surface area contributed by atoms with Gasteiger partial charge in [-0.1, -0.05) is 0 Å². The standard InChI is InChI=1S/C14H20N2O3/c1-9-3-5-11(19-9)8-16(2)13-6-4-10(14(17)18)7-12(13)15/h4,6-7,9,11H,3,5,8,15H2,1-2H3,(H,17,18). The SMILES string of the molecule is CC1CCC(CN(C)c2ccc(C(=O)O)cc2N)O1. The molecule has 19 heavy (non-hydrogen) atoms. The lowest BCUT2D eigenvalue weighted by molar-refractivity contribution is 0.0606. The van der Waals surface area contributed by atoms with Crippen LogP contribution in [0, 0.1) is 0 Å². The minimum atomic E-state index is -0.964. The number of rotatable bonds is 4. The highest BCUT2D eigenvalue weighted by Gasteiger charge is 2.23. The lowest BCUT2D eigenvalue weighted by Gasteiger charge is -2.24. The van der Waals surface area contributed by atoms with Crippen LogP contribution in [0.2, 0.25) is 0 Å². The van der Waals surface area contributed by atoms with E-state index in [1.165, 1.54) is 6.07 Å². The second-order valence-corrected chi connectivity index (χ2v) is 5.11. The number of nitrogens with zero attached hydrogens (tertiary/aromatic N) is 1. The van der Waals surface area contributed by atoms with E-state index in [2.05, 4.69) is 6.92 Å². The van der Waals surface area contributed by atoms with E-state index >= 15 is 0 Å². The van der Waals surface area contributed by atoms with Crippen molar-refractivity contribution in [1.82, 2.24) is 0 Å². The second kappa shape index (κ2) is 5.48. The average molecular weight is 264 g/mol. The first kappa shape index (κ1) is 13.7. The Hall–Kier alpha value is -1.75. The lowest BCUT2D eigenvalue weighted by atomic mass is 10.1. The Labute approximate surface area is 113 Å². The molecule has 1 heterocycles. The molecule has 2 rings (SSSR count). The maximum Gasteiger partial charge on any atom is 0.335 e. The Morgan fingerprint density at radius 2 is 2.26 bits per heavy atom. The summed E-state index contributed by atoms with van der Waals surface area (Å²) in [4.78, 5) is 12.9. The molecule has 0 bridgehead atoms. The summed E-state index contributed by atoms with van der Waals surface area (Å²) in [7, 11) is 1.94. The molecule has 0 radical (unpaired) electrons. The van der Waals surface area contributed by atoms with E-state index in [-0.39, 0.29) is 11.7 Å². The van der Waals surface area contributed by atoms with Crippen LogP contribution < -0.4 is 10.6 Å². The Morgan fingerprint density at radius 3 is 2.79 bits per heavy atom. The van der Waals surface area contributed by atoms with Gasteiger partial charge >= 0.3 is 5.97 Å². The summed E-state index contributed by atoms with van der Waals surface area (Å²) >= 11 is 0. The van der Waals surface area contributed by atoms with E-state index in [9.17, 15) is 4.79 Å². The van der Waals surface area contributed by atoms with Gasteiger partial charge < -0.3 is 20.5 Å². The molecule has 2 atom stereocenters. The smallest absolute Gasteiger partial charge is 0.335 e. The Bertz CT molecular complexity index is 476. The number of carbonyl (C=O) groups is 1. The highest BCUT2D eigenvalue weighted by atomic mass is 16.5. The van der Waals surface area contributed by atoms with Crippen LogP contribution in [0.1, 0.15) is 30.1 Å². The van der Waals surface area contributed by atoms with Crippen LogP contribution in [0.5, 0.6) is 0 Å². The Balaban J connectivity index is 2.06. The molecular formula is C14H20N2O3. The van der Waals surface area contributed by atoms with Gasteiger partial charge in [0, 0.05) is 13.6 Å². The molecule has 0 saturated carbocycles. The fourth-order valence-corrected chi connectivity index (χ4v) is 2.46. The van der Waals surface area contributed by atoms with Crippen molar-refractivity contribution in [3.8, 4) is 0 Å². The summed E-state index contributed by atoms with van der Waals surface area (Å²) < 4.78 is 5.78. The number of benzene rings is 1. The molecule has 104 valence electrons. The van der Waals surface area contributed by atoms with Crippen molar-refractivity contribution >= 4 is 17.3 Å². The van der Waals surface area contributed by atoms with Gasteiger partial charge in [-0.25, -0.2) is 4.79 Å². The normalized spacial score (nSPS) is 22.4. The van der Waals surface area contributed by atoms with E-state index in [0.717, 1.165) is 25.1 Å². The zero-order chi connectivity index (χ0) is 14.0. The van der Waals surface area contributed by atoms with E-state index < -0.39 is 5.97 Å². The molecule has 0 aliphatic carbocycles. The summed E-state index contributed by atoms with van der Waals surface area (Å²) in [6.07, 6.45) is 2.69. The molecule has 5 nitrogen and oxygen atoms in total. The van der Waals surface area contributed by atoms with Gasteiger partial charge in [0.2, 0.25) is 0 Å². The van der Waals surface area contributed by atoms with Crippen LogP contribution in [0.25, 0.3) is 0 Å². The van der Waals surface area contributed by atoms with Gasteiger partial charge in [-0.3, -0.25) is 0 Å². The highest BCUT2D eigenvalue weighted by molar-refractivity contribution is 5.90. The molecule has 5 heteroatoms. The molecule has 1 aliphatic rings. The molecule has 3 N–H and O–H groups in total. The van der Waals surface area contributed by atoms with Crippen molar-refractivity contribution in [2.75, 3.05) is 24.2 Å². The fraction of sp³-hybridized carbons (Fsp3) is 0.500. The van der Waals surface area contributed by atoms with Gasteiger partial charge in [0.15, 0.2) is 0 Å². The van der Waals surface area contributed by atoms with Crippen LogP contribution >= 0.6 is 0 Å². The molecule has 2 unspecified atom stereocenters. The number of anilines is 2. The summed E-state index contributed by atoms with van der Waals surface area (Å²) in [5, 5.41) is 8.91. The molecule has 0 spiro atoms. The molecule has 1 aromatic rings. The first-order valence-electron chi connectivity index (χ1n) is 6.46. The van der Waals surface area contributed by atoms with Crippen LogP contribution in [0.4, 0.5) is 11.4 Å². The number of ether oxygens (including phenoxy) is 1. The van der Waals surface area contributed by atoms with Gasteiger partial charge in [0.05, 0.1) is 29.1 Å². The van der Waals surface area contributed by atoms with Crippen LogP contribution in [0.3, 0.4) is 0 Å². The van der Waals surface area contributed by atoms with E-state index in [0.29, 0.717) is 11.8 Å². The predicted molar refractivity (Wildman–Crippen MR) is 74.7 cm³/mol. The fourth-order valence-electron chi connectivity index (χ4n) is 2.46. The summed E-state index contributed by atoms with van der Waals surface area (Å²) in [5.74, 6) is -0.964. The number of carboxylic acid groups (broad SMARTS) is 1. The predicted octanol–water partition coefficient (Wildman–Crippen LogP) is 1.97. The van der Waals surface area contributed by atoms with Crippen molar-refractivity contribution in [2.24, 2.45) is 0 Å². The van der Waals surface area contributed by atoms with Crippen LogP contribution in [-0.4, -0.2) is 36.9 Å². The number of hydrogen-bond donors (Lipinski definition) is 2. The maximum absolute atomic E-state index is 10.9. The van der Waals surface area contributed by atoms with Crippen molar-refractivity contribution in [2.45, 2.75) is 32.0 Å². The minimum absolute atomic E-state index is 0.209. The number of carboxylic acids is 1. The average Bonchev–Trinajstić information content (AvgIpc) is 2.74. The van der Waals surface area contributed by atoms with Gasteiger partial charge in [0.25, 0.3) is 0 Å². The third kappa shape index (κ3) is 3.17. The van der Waals surface area contributed by atoms with Crippen molar-refractivity contribution in [1.29, 1.82) is 0 Å². The van der Waals surface area contributed by atoms with E-state index in [1.54, 1.807) is 12.1 Å². The first-order chi connectivity index (χ1) is 8.97. The number of likely N-dealkylation sites (N-methyl/N-ethyl adjacent to an activating group) is 1. The number of hydrogen-bond acceptors (Lipinski definition) is 4.